The molecule has 5 heteroatoms. The Hall–Kier alpha value is -0.233. The highest BCUT2D eigenvalue weighted by molar-refractivity contribution is 6.48. The summed E-state index contributed by atoms with van der Waals surface area (Å²) in [4.78, 5) is 10.8. The molecule has 1 radical (unpaired) electrons. The molecular weight excluding hydrogens is 260 g/mol. The lowest BCUT2D eigenvalue weighted by Gasteiger charge is -2.47. The Balaban J connectivity index is 2.74. The van der Waals surface area contributed by atoms with Crippen LogP contribution >= 0.6 is 0 Å². The topological polar surface area (TPSA) is 44.8 Å². The lowest BCUT2D eigenvalue weighted by molar-refractivity contribution is -0.327. The fraction of sp³-hybridized carbons (Fsp3) is 0.929. The van der Waals surface area contributed by atoms with Crippen LogP contribution in [0.15, 0.2) is 0 Å². The van der Waals surface area contributed by atoms with E-state index in [9.17, 15) is 4.79 Å². The summed E-state index contributed by atoms with van der Waals surface area (Å²) in [6.07, 6.45) is 1.44. The van der Waals surface area contributed by atoms with Crippen molar-refractivity contribution in [1.82, 2.24) is 0 Å². The standard InChI is InChI=1S/C14H27O4Si/c1-13(2,3)12-11(7-8-15)9-16-14(4,18-12)10-17-19(5)6/h8,11-12H,7,9-10H2,1-6H3/t11-,12+,14+/m0/s1. The third-order valence-corrected chi connectivity index (χ3v) is 4.00. The van der Waals surface area contributed by atoms with Crippen LogP contribution in [0.2, 0.25) is 13.1 Å². The van der Waals surface area contributed by atoms with Crippen LogP contribution in [0.25, 0.3) is 0 Å². The second-order valence-electron chi connectivity index (χ2n) is 6.71. The van der Waals surface area contributed by atoms with E-state index in [2.05, 4.69) is 33.9 Å². The SMILES string of the molecule is C[Si](C)OC[C@]1(C)OC[C@H](CC=O)[C@H](C(C)(C)C)O1. The highest BCUT2D eigenvalue weighted by atomic mass is 28.3. The van der Waals surface area contributed by atoms with Gasteiger partial charge in [0, 0.05) is 12.3 Å². The van der Waals surface area contributed by atoms with Gasteiger partial charge in [-0.25, -0.2) is 0 Å². The van der Waals surface area contributed by atoms with Crippen molar-refractivity contribution in [3.63, 3.8) is 0 Å². The van der Waals surface area contributed by atoms with Crippen molar-refractivity contribution in [2.45, 2.75) is 59.1 Å². The second-order valence-corrected chi connectivity index (χ2v) is 8.81. The second kappa shape index (κ2) is 6.48. The van der Waals surface area contributed by atoms with Crippen molar-refractivity contribution in [3.05, 3.63) is 0 Å². The van der Waals surface area contributed by atoms with E-state index in [0.717, 1.165) is 6.29 Å². The van der Waals surface area contributed by atoms with Crippen LogP contribution in [-0.4, -0.2) is 40.4 Å². The normalized spacial score (nSPS) is 32.6. The minimum Gasteiger partial charge on any atom is -0.412 e. The summed E-state index contributed by atoms with van der Waals surface area (Å²) in [6, 6.07) is 0. The Kier molecular flexibility index (Phi) is 5.74. The van der Waals surface area contributed by atoms with Gasteiger partial charge in [-0.05, 0) is 25.4 Å². The fourth-order valence-electron chi connectivity index (χ4n) is 2.32. The molecule has 1 heterocycles. The Bertz CT molecular complexity index is 300. The number of hydrogen-bond donors (Lipinski definition) is 0. The Morgan fingerprint density at radius 2 is 2.05 bits per heavy atom. The molecule has 4 nitrogen and oxygen atoms in total. The molecule has 0 unspecified atom stereocenters. The summed E-state index contributed by atoms with van der Waals surface area (Å²) < 4.78 is 17.7. The first-order valence-corrected chi connectivity index (χ1v) is 9.27. The molecule has 1 fully saturated rings. The quantitative estimate of drug-likeness (QED) is 0.576. The van der Waals surface area contributed by atoms with Gasteiger partial charge in [0.2, 0.25) is 9.04 Å². The van der Waals surface area contributed by atoms with Crippen molar-refractivity contribution in [2.24, 2.45) is 11.3 Å². The maximum absolute atomic E-state index is 10.8. The summed E-state index contributed by atoms with van der Waals surface area (Å²) in [5, 5.41) is 0. The summed E-state index contributed by atoms with van der Waals surface area (Å²) >= 11 is 0. The summed E-state index contributed by atoms with van der Waals surface area (Å²) in [7, 11) is -0.763. The zero-order valence-corrected chi connectivity index (χ0v) is 14.0. The van der Waals surface area contributed by atoms with E-state index in [1.165, 1.54) is 0 Å². The molecule has 0 N–H and O–H groups in total. The molecule has 0 saturated carbocycles. The third kappa shape index (κ3) is 4.98. The first-order chi connectivity index (χ1) is 8.68. The number of rotatable bonds is 5. The molecule has 1 rings (SSSR count). The summed E-state index contributed by atoms with van der Waals surface area (Å²) in [5.41, 5.74) is -0.0229. The molecule has 0 aromatic carbocycles. The molecule has 0 bridgehead atoms. The van der Waals surface area contributed by atoms with E-state index in [0.29, 0.717) is 19.6 Å². The number of hydrogen-bond acceptors (Lipinski definition) is 4. The molecule has 0 amide bonds. The van der Waals surface area contributed by atoms with Gasteiger partial charge in [-0.2, -0.15) is 0 Å². The monoisotopic (exact) mass is 287 g/mol. The predicted octanol–water partition coefficient (Wildman–Crippen LogP) is 2.64. The van der Waals surface area contributed by atoms with Gasteiger partial charge < -0.3 is 18.7 Å². The molecule has 111 valence electrons. The fourth-order valence-corrected chi connectivity index (χ4v) is 2.87. The molecule has 1 aliphatic rings. The lowest BCUT2D eigenvalue weighted by Crippen LogP contribution is -2.54. The van der Waals surface area contributed by atoms with Gasteiger partial charge in [-0.15, -0.1) is 0 Å². The van der Waals surface area contributed by atoms with E-state index in [4.69, 9.17) is 13.9 Å². The van der Waals surface area contributed by atoms with Crippen LogP contribution < -0.4 is 0 Å². The molecule has 0 aromatic heterocycles. The average Bonchev–Trinajstić information content (AvgIpc) is 2.28. The Morgan fingerprint density at radius 1 is 1.42 bits per heavy atom. The first kappa shape index (κ1) is 16.8. The van der Waals surface area contributed by atoms with Gasteiger partial charge in [-0.3, -0.25) is 0 Å². The molecule has 1 saturated heterocycles. The van der Waals surface area contributed by atoms with Crippen molar-refractivity contribution < 1.29 is 18.7 Å². The van der Waals surface area contributed by atoms with Crippen molar-refractivity contribution in [2.75, 3.05) is 13.2 Å². The van der Waals surface area contributed by atoms with Crippen LogP contribution in [0.3, 0.4) is 0 Å². The average molecular weight is 287 g/mol. The van der Waals surface area contributed by atoms with Crippen LogP contribution in [0.1, 0.15) is 34.1 Å². The summed E-state index contributed by atoms with van der Waals surface area (Å²) in [5.74, 6) is -0.571. The molecule has 1 aliphatic heterocycles. The minimum absolute atomic E-state index is 0.00411. The van der Waals surface area contributed by atoms with E-state index in [1.54, 1.807) is 0 Å². The van der Waals surface area contributed by atoms with Crippen LogP contribution in [0.5, 0.6) is 0 Å². The van der Waals surface area contributed by atoms with Gasteiger partial charge in [0.15, 0.2) is 5.79 Å². The largest absolute Gasteiger partial charge is 0.412 e. The van der Waals surface area contributed by atoms with Gasteiger partial charge in [-0.1, -0.05) is 20.8 Å². The summed E-state index contributed by atoms with van der Waals surface area (Å²) in [6.45, 7) is 13.5. The zero-order valence-electron chi connectivity index (χ0n) is 13.0. The minimum atomic E-state index is -0.763. The molecule has 0 aliphatic carbocycles. The van der Waals surface area contributed by atoms with Crippen LogP contribution in [0, 0.1) is 11.3 Å². The van der Waals surface area contributed by atoms with Crippen molar-refractivity contribution >= 4 is 15.3 Å². The number of aldehydes is 1. The van der Waals surface area contributed by atoms with Gasteiger partial charge in [0.25, 0.3) is 0 Å². The maximum atomic E-state index is 10.8. The highest BCUT2D eigenvalue weighted by Gasteiger charge is 2.44. The van der Waals surface area contributed by atoms with Gasteiger partial charge in [0.05, 0.1) is 19.3 Å². The van der Waals surface area contributed by atoms with Gasteiger partial charge >= 0.3 is 0 Å². The van der Waals surface area contributed by atoms with Gasteiger partial charge in [0.1, 0.15) is 6.29 Å². The molecular formula is C14H27O4Si. The predicted molar refractivity (Wildman–Crippen MR) is 76.3 cm³/mol. The third-order valence-electron chi connectivity index (χ3n) is 3.28. The van der Waals surface area contributed by atoms with E-state index < -0.39 is 14.8 Å². The number of carbonyl (C=O) groups excluding carboxylic acids is 1. The number of carbonyl (C=O) groups is 1. The molecule has 3 atom stereocenters. The zero-order chi connectivity index (χ0) is 14.7. The van der Waals surface area contributed by atoms with Crippen LogP contribution in [0.4, 0.5) is 0 Å². The van der Waals surface area contributed by atoms with E-state index in [1.807, 2.05) is 6.92 Å². The first-order valence-electron chi connectivity index (χ1n) is 6.86. The van der Waals surface area contributed by atoms with E-state index in [-0.39, 0.29) is 17.4 Å². The van der Waals surface area contributed by atoms with E-state index >= 15 is 0 Å². The molecule has 19 heavy (non-hydrogen) atoms. The lowest BCUT2D eigenvalue weighted by atomic mass is 9.79. The highest BCUT2D eigenvalue weighted by Crippen LogP contribution is 2.38. The van der Waals surface area contributed by atoms with Crippen molar-refractivity contribution in [3.8, 4) is 0 Å². The smallest absolute Gasteiger partial charge is 0.205 e. The Labute approximate surface area is 118 Å². The molecule has 0 aromatic rings. The Morgan fingerprint density at radius 3 is 2.53 bits per heavy atom. The maximum Gasteiger partial charge on any atom is 0.205 e. The molecule has 0 spiro atoms. The number of ether oxygens (including phenoxy) is 2. The van der Waals surface area contributed by atoms with Crippen molar-refractivity contribution in [1.29, 1.82) is 0 Å². The van der Waals surface area contributed by atoms with Crippen LogP contribution in [-0.2, 0) is 18.7 Å².